The normalized spacial score (nSPS) is 11.9. The van der Waals surface area contributed by atoms with E-state index < -0.39 is 5.97 Å². The fourth-order valence-corrected chi connectivity index (χ4v) is 2.05. The number of rotatable bonds is 5. The van der Waals surface area contributed by atoms with E-state index in [-0.39, 0.29) is 30.0 Å². The Balaban J connectivity index is 2.01. The van der Waals surface area contributed by atoms with E-state index in [1.165, 1.54) is 29.0 Å². The molecule has 110 valence electrons. The molecule has 2 aromatic rings. The van der Waals surface area contributed by atoms with Crippen LogP contribution in [0.3, 0.4) is 0 Å². The van der Waals surface area contributed by atoms with E-state index in [1.54, 1.807) is 25.1 Å². The maximum Gasteiger partial charge on any atom is 0.352 e. The number of carbonyl (C=O) groups is 2. The van der Waals surface area contributed by atoms with Gasteiger partial charge in [0.2, 0.25) is 5.91 Å². The molecule has 0 aliphatic rings. The van der Waals surface area contributed by atoms with Crippen molar-refractivity contribution in [2.75, 3.05) is 0 Å². The lowest BCUT2D eigenvalue weighted by molar-refractivity contribution is -0.122. The zero-order valence-electron chi connectivity index (χ0n) is 11.4. The van der Waals surface area contributed by atoms with Crippen LogP contribution < -0.4 is 5.32 Å². The largest absolute Gasteiger partial charge is 0.477 e. The number of hydrogen-bond acceptors (Lipinski definition) is 2. The molecular formula is C15H15FN2O3. The summed E-state index contributed by atoms with van der Waals surface area (Å²) in [5.41, 5.74) is 0.692. The molecule has 0 saturated carbocycles. The fourth-order valence-electron chi connectivity index (χ4n) is 2.05. The summed E-state index contributed by atoms with van der Waals surface area (Å²) < 4.78 is 14.5. The smallest absolute Gasteiger partial charge is 0.352 e. The Morgan fingerprint density at radius 1 is 1.33 bits per heavy atom. The van der Waals surface area contributed by atoms with Crippen LogP contribution >= 0.6 is 0 Å². The van der Waals surface area contributed by atoms with E-state index in [0.717, 1.165) is 0 Å². The van der Waals surface area contributed by atoms with E-state index in [2.05, 4.69) is 5.32 Å². The molecule has 0 spiro atoms. The molecule has 1 heterocycles. The van der Waals surface area contributed by atoms with Gasteiger partial charge in [-0.1, -0.05) is 12.1 Å². The van der Waals surface area contributed by atoms with Crippen LogP contribution in [0.25, 0.3) is 0 Å². The summed E-state index contributed by atoms with van der Waals surface area (Å²) in [5.74, 6) is -1.80. The predicted octanol–water partition coefficient (Wildman–Crippen LogP) is 2.20. The molecule has 1 unspecified atom stereocenters. The third kappa shape index (κ3) is 3.68. The van der Waals surface area contributed by atoms with Gasteiger partial charge >= 0.3 is 5.97 Å². The minimum atomic E-state index is -1.09. The molecule has 21 heavy (non-hydrogen) atoms. The van der Waals surface area contributed by atoms with Gasteiger partial charge in [0.05, 0.1) is 6.04 Å². The van der Waals surface area contributed by atoms with Crippen molar-refractivity contribution < 1.29 is 19.1 Å². The average molecular weight is 290 g/mol. The summed E-state index contributed by atoms with van der Waals surface area (Å²) in [6, 6.07) is 8.59. The Kier molecular flexibility index (Phi) is 4.37. The van der Waals surface area contributed by atoms with Crippen LogP contribution in [0.15, 0.2) is 42.6 Å². The number of carboxylic acids is 1. The second-order valence-electron chi connectivity index (χ2n) is 4.67. The first-order chi connectivity index (χ1) is 9.97. The summed E-state index contributed by atoms with van der Waals surface area (Å²) in [4.78, 5) is 22.9. The second-order valence-corrected chi connectivity index (χ2v) is 4.67. The van der Waals surface area contributed by atoms with E-state index >= 15 is 0 Å². The minimum Gasteiger partial charge on any atom is -0.477 e. The zero-order chi connectivity index (χ0) is 15.4. The highest BCUT2D eigenvalue weighted by Gasteiger charge is 2.14. The Morgan fingerprint density at radius 2 is 2.10 bits per heavy atom. The molecule has 0 aliphatic heterocycles. The van der Waals surface area contributed by atoms with Crippen LogP contribution in [0.4, 0.5) is 4.39 Å². The summed E-state index contributed by atoms with van der Waals surface area (Å²) in [6.07, 6.45) is 1.52. The zero-order valence-corrected chi connectivity index (χ0v) is 11.4. The van der Waals surface area contributed by atoms with Gasteiger partial charge in [-0.15, -0.1) is 0 Å². The number of aromatic nitrogens is 1. The van der Waals surface area contributed by atoms with E-state index in [0.29, 0.717) is 5.56 Å². The standard InChI is InChI=1S/C15H15FN2O3/c1-10(11-4-2-5-12(16)8-11)17-14(19)9-18-7-3-6-13(18)15(20)21/h2-8,10H,9H2,1H3,(H,17,19)(H,20,21). The van der Waals surface area contributed by atoms with E-state index in [9.17, 15) is 14.0 Å². The number of aromatic carboxylic acids is 1. The van der Waals surface area contributed by atoms with Crippen LogP contribution in [0.2, 0.25) is 0 Å². The highest BCUT2D eigenvalue weighted by Crippen LogP contribution is 2.13. The van der Waals surface area contributed by atoms with Gasteiger partial charge < -0.3 is 15.0 Å². The number of nitrogens with one attached hydrogen (secondary N) is 1. The van der Waals surface area contributed by atoms with Gasteiger partial charge in [0.15, 0.2) is 0 Å². The summed E-state index contributed by atoms with van der Waals surface area (Å²) >= 11 is 0. The van der Waals surface area contributed by atoms with Gasteiger partial charge in [-0.05, 0) is 36.8 Å². The van der Waals surface area contributed by atoms with E-state index in [4.69, 9.17) is 5.11 Å². The van der Waals surface area contributed by atoms with Gasteiger partial charge in [-0.2, -0.15) is 0 Å². The molecule has 2 N–H and O–H groups in total. The number of carbonyl (C=O) groups excluding carboxylic acids is 1. The van der Waals surface area contributed by atoms with Crippen LogP contribution in [0.5, 0.6) is 0 Å². The van der Waals surface area contributed by atoms with Gasteiger partial charge in [0, 0.05) is 6.20 Å². The average Bonchev–Trinajstić information content (AvgIpc) is 2.86. The van der Waals surface area contributed by atoms with Crippen molar-refractivity contribution in [1.82, 2.24) is 9.88 Å². The molecule has 0 bridgehead atoms. The minimum absolute atomic E-state index is 0.0450. The molecule has 0 aliphatic carbocycles. The maximum absolute atomic E-state index is 13.1. The second kappa shape index (κ2) is 6.21. The van der Waals surface area contributed by atoms with Crippen LogP contribution in [0, 0.1) is 5.82 Å². The third-order valence-corrected chi connectivity index (χ3v) is 3.09. The van der Waals surface area contributed by atoms with Crippen LogP contribution in [-0.4, -0.2) is 21.6 Å². The van der Waals surface area contributed by atoms with Crippen LogP contribution in [-0.2, 0) is 11.3 Å². The molecule has 1 atom stereocenters. The number of hydrogen-bond donors (Lipinski definition) is 2. The SMILES string of the molecule is CC(NC(=O)Cn1cccc1C(=O)O)c1cccc(F)c1. The number of halogens is 1. The van der Waals surface area contributed by atoms with E-state index in [1.807, 2.05) is 0 Å². The Bertz CT molecular complexity index is 666. The van der Waals surface area contributed by atoms with Crippen molar-refractivity contribution in [3.63, 3.8) is 0 Å². The van der Waals surface area contributed by atoms with Crippen molar-refractivity contribution in [3.05, 3.63) is 59.7 Å². The molecule has 5 nitrogen and oxygen atoms in total. The van der Waals surface area contributed by atoms with Gasteiger partial charge in [-0.25, -0.2) is 9.18 Å². The summed E-state index contributed by atoms with van der Waals surface area (Å²) in [5, 5.41) is 11.7. The Labute approximate surface area is 121 Å². The monoisotopic (exact) mass is 290 g/mol. The number of benzene rings is 1. The topological polar surface area (TPSA) is 71.3 Å². The Hall–Kier alpha value is -2.63. The summed E-state index contributed by atoms with van der Waals surface area (Å²) in [7, 11) is 0. The van der Waals surface area contributed by atoms with Crippen molar-refractivity contribution in [1.29, 1.82) is 0 Å². The van der Waals surface area contributed by atoms with Crippen molar-refractivity contribution in [2.45, 2.75) is 19.5 Å². The molecule has 1 aromatic heterocycles. The first-order valence-corrected chi connectivity index (χ1v) is 6.40. The van der Waals surface area contributed by atoms with Crippen molar-refractivity contribution in [3.8, 4) is 0 Å². The lowest BCUT2D eigenvalue weighted by Crippen LogP contribution is -2.30. The highest BCUT2D eigenvalue weighted by molar-refractivity contribution is 5.86. The first-order valence-electron chi connectivity index (χ1n) is 6.40. The Morgan fingerprint density at radius 3 is 2.76 bits per heavy atom. The molecule has 2 rings (SSSR count). The quantitative estimate of drug-likeness (QED) is 0.886. The predicted molar refractivity (Wildman–Crippen MR) is 74.3 cm³/mol. The lowest BCUT2D eigenvalue weighted by atomic mass is 10.1. The van der Waals surface area contributed by atoms with Gasteiger partial charge in [0.25, 0.3) is 0 Å². The molecule has 0 saturated heterocycles. The number of nitrogens with zero attached hydrogens (tertiary/aromatic N) is 1. The van der Waals surface area contributed by atoms with Gasteiger partial charge in [0.1, 0.15) is 18.1 Å². The lowest BCUT2D eigenvalue weighted by Gasteiger charge is -2.15. The molecule has 0 radical (unpaired) electrons. The molecule has 1 aromatic carbocycles. The number of amides is 1. The molecule has 0 fully saturated rings. The third-order valence-electron chi connectivity index (χ3n) is 3.09. The molecular weight excluding hydrogens is 275 g/mol. The maximum atomic E-state index is 13.1. The molecule has 1 amide bonds. The van der Waals surface area contributed by atoms with Gasteiger partial charge in [-0.3, -0.25) is 4.79 Å². The fraction of sp³-hybridized carbons (Fsp3) is 0.200. The van der Waals surface area contributed by atoms with Crippen molar-refractivity contribution >= 4 is 11.9 Å². The van der Waals surface area contributed by atoms with Crippen LogP contribution in [0.1, 0.15) is 29.0 Å². The molecule has 6 heteroatoms. The number of carboxylic acid groups (broad SMARTS) is 1. The first kappa shape index (κ1) is 14.8. The van der Waals surface area contributed by atoms with Crippen molar-refractivity contribution in [2.24, 2.45) is 0 Å². The summed E-state index contributed by atoms with van der Waals surface area (Å²) in [6.45, 7) is 1.63. The highest BCUT2D eigenvalue weighted by atomic mass is 19.1.